The van der Waals surface area contributed by atoms with Crippen LogP contribution >= 0.6 is 0 Å². The van der Waals surface area contributed by atoms with Crippen LogP contribution in [0.2, 0.25) is 0 Å². The van der Waals surface area contributed by atoms with Gasteiger partial charge in [0.1, 0.15) is 36.6 Å². The molecule has 12 nitrogen and oxygen atoms in total. The quantitative estimate of drug-likeness (QED) is 0.174. The first-order chi connectivity index (χ1) is 23.3. The van der Waals surface area contributed by atoms with Gasteiger partial charge in [0.2, 0.25) is 0 Å². The molecule has 5 fully saturated rings. The second-order valence-electron chi connectivity index (χ2n) is 15.1. The first-order valence-corrected chi connectivity index (χ1v) is 17.1. The Morgan fingerprint density at radius 2 is 1.12 bits per heavy atom. The Labute approximate surface area is 292 Å². The SMILES string of the molecule is C=C1C(=O)OC2CC3(C)C(OC(C)=O)CC=C(C)C3C(OC(C)=O)C12.C=C1C(=O)OC2CC3(C)C(OC(C)=O)CCC(=C)C3C(OC(C)=O)C12. The zero-order chi connectivity index (χ0) is 37.0. The van der Waals surface area contributed by atoms with Gasteiger partial charge in [-0.3, -0.25) is 19.2 Å². The van der Waals surface area contributed by atoms with Crippen LogP contribution in [-0.4, -0.2) is 72.4 Å². The third kappa shape index (κ3) is 6.41. The zero-order valence-electron chi connectivity index (χ0n) is 29.9. The van der Waals surface area contributed by atoms with Gasteiger partial charge in [0, 0.05) is 67.9 Å². The largest absolute Gasteiger partial charge is 0.462 e. The van der Waals surface area contributed by atoms with Gasteiger partial charge in [0.05, 0.1) is 11.8 Å². The lowest BCUT2D eigenvalue weighted by molar-refractivity contribution is -0.190. The number of rotatable bonds is 4. The lowest BCUT2D eigenvalue weighted by Crippen LogP contribution is -2.59. The summed E-state index contributed by atoms with van der Waals surface area (Å²) in [6.07, 6.45) is 2.30. The number of carbonyl (C=O) groups excluding carboxylic acids is 6. The Morgan fingerprint density at radius 1 is 0.700 bits per heavy atom. The van der Waals surface area contributed by atoms with Crippen molar-refractivity contribution in [3.63, 3.8) is 0 Å². The van der Waals surface area contributed by atoms with E-state index in [1.54, 1.807) is 0 Å². The van der Waals surface area contributed by atoms with Crippen molar-refractivity contribution in [2.45, 2.75) is 117 Å². The molecule has 0 spiro atoms. The van der Waals surface area contributed by atoms with Crippen LogP contribution in [0.15, 0.2) is 48.1 Å². The van der Waals surface area contributed by atoms with Crippen molar-refractivity contribution in [1.29, 1.82) is 0 Å². The van der Waals surface area contributed by atoms with Crippen LogP contribution < -0.4 is 0 Å². The molecule has 0 aromatic carbocycles. The molecule has 4 aliphatic carbocycles. The van der Waals surface area contributed by atoms with Gasteiger partial charge in [-0.15, -0.1) is 0 Å². The number of fused-ring (bicyclic) bond motifs is 4. The van der Waals surface area contributed by atoms with Gasteiger partial charge >= 0.3 is 35.8 Å². The van der Waals surface area contributed by atoms with Crippen LogP contribution in [0, 0.1) is 34.5 Å². The van der Waals surface area contributed by atoms with E-state index in [0.717, 1.165) is 11.1 Å². The first-order valence-electron chi connectivity index (χ1n) is 17.1. The van der Waals surface area contributed by atoms with Gasteiger partial charge < -0.3 is 28.4 Å². The van der Waals surface area contributed by atoms with Crippen molar-refractivity contribution in [2.24, 2.45) is 34.5 Å². The van der Waals surface area contributed by atoms with Crippen molar-refractivity contribution in [3.8, 4) is 0 Å². The average molecular weight is 697 g/mol. The molecule has 2 aliphatic heterocycles. The molecule has 50 heavy (non-hydrogen) atoms. The number of hydrogen-bond donors (Lipinski definition) is 0. The van der Waals surface area contributed by atoms with Gasteiger partial charge in [-0.2, -0.15) is 0 Å². The summed E-state index contributed by atoms with van der Waals surface area (Å²) in [5.74, 6) is -3.58. The van der Waals surface area contributed by atoms with E-state index in [4.69, 9.17) is 28.4 Å². The first kappa shape index (κ1) is 37.0. The molecule has 2 heterocycles. The second-order valence-corrected chi connectivity index (χ2v) is 15.1. The van der Waals surface area contributed by atoms with Crippen LogP contribution in [-0.2, 0) is 57.2 Å². The fourth-order valence-corrected chi connectivity index (χ4v) is 9.81. The summed E-state index contributed by atoms with van der Waals surface area (Å²) in [4.78, 5) is 70.8. The predicted molar refractivity (Wildman–Crippen MR) is 176 cm³/mol. The maximum atomic E-state index is 12.1. The maximum Gasteiger partial charge on any atom is 0.334 e. The topological polar surface area (TPSA) is 158 Å². The van der Waals surface area contributed by atoms with Crippen molar-refractivity contribution >= 4 is 35.8 Å². The van der Waals surface area contributed by atoms with E-state index in [-0.39, 0.29) is 47.8 Å². The molecule has 0 radical (unpaired) electrons. The van der Waals surface area contributed by atoms with E-state index in [2.05, 4.69) is 19.7 Å². The molecule has 6 aliphatic rings. The van der Waals surface area contributed by atoms with Crippen LogP contribution in [0.1, 0.15) is 80.6 Å². The fourth-order valence-electron chi connectivity index (χ4n) is 9.81. The molecule has 3 saturated carbocycles. The number of ether oxygens (including phenoxy) is 6. The van der Waals surface area contributed by atoms with E-state index in [1.165, 1.54) is 27.7 Å². The van der Waals surface area contributed by atoms with Gasteiger partial charge in [0.15, 0.2) is 0 Å². The zero-order valence-corrected chi connectivity index (χ0v) is 29.9. The summed E-state index contributed by atoms with van der Waals surface area (Å²) >= 11 is 0. The lowest BCUT2D eigenvalue weighted by Gasteiger charge is -2.55. The van der Waals surface area contributed by atoms with E-state index in [9.17, 15) is 28.8 Å². The Bertz CT molecular complexity index is 1560. The molecule has 12 unspecified atom stereocenters. The fraction of sp³-hybridized carbons (Fsp3) is 0.632. The Morgan fingerprint density at radius 3 is 1.58 bits per heavy atom. The van der Waals surface area contributed by atoms with Gasteiger partial charge in [-0.1, -0.05) is 50.8 Å². The lowest BCUT2D eigenvalue weighted by atomic mass is 9.53. The number of carbonyl (C=O) groups is 6. The van der Waals surface area contributed by atoms with Gasteiger partial charge in [-0.25, -0.2) is 9.59 Å². The smallest absolute Gasteiger partial charge is 0.334 e. The van der Waals surface area contributed by atoms with Crippen LogP contribution in [0.25, 0.3) is 0 Å². The Balaban J connectivity index is 0.000000194. The highest BCUT2D eigenvalue weighted by Gasteiger charge is 2.64. The monoisotopic (exact) mass is 696 g/mol. The summed E-state index contributed by atoms with van der Waals surface area (Å²) in [6.45, 7) is 23.4. The highest BCUT2D eigenvalue weighted by molar-refractivity contribution is 5.91. The minimum Gasteiger partial charge on any atom is -0.462 e. The molecule has 2 saturated heterocycles. The highest BCUT2D eigenvalue weighted by atomic mass is 16.6. The number of esters is 6. The summed E-state index contributed by atoms with van der Waals surface area (Å²) < 4.78 is 33.5. The molecule has 0 aromatic heterocycles. The second kappa shape index (κ2) is 13.5. The van der Waals surface area contributed by atoms with Crippen molar-refractivity contribution in [3.05, 3.63) is 48.1 Å². The van der Waals surface area contributed by atoms with E-state index in [0.29, 0.717) is 43.3 Å². The molecule has 0 amide bonds. The molecule has 0 bridgehead atoms. The predicted octanol–water partition coefficient (Wildman–Crippen LogP) is 4.65. The third-order valence-electron chi connectivity index (χ3n) is 11.7. The molecule has 12 heteroatoms. The number of hydrogen-bond acceptors (Lipinski definition) is 12. The summed E-state index contributed by atoms with van der Waals surface area (Å²) in [5, 5.41) is 0. The maximum absolute atomic E-state index is 12.1. The molecular formula is C38H48O12. The van der Waals surface area contributed by atoms with Gasteiger partial charge in [0.25, 0.3) is 0 Å². The van der Waals surface area contributed by atoms with Crippen LogP contribution in [0.3, 0.4) is 0 Å². The van der Waals surface area contributed by atoms with Crippen molar-refractivity contribution < 1.29 is 57.2 Å². The van der Waals surface area contributed by atoms with Crippen LogP contribution in [0.5, 0.6) is 0 Å². The molecule has 0 N–H and O–H groups in total. The molecular weight excluding hydrogens is 648 g/mol. The normalized spacial score (nSPS) is 39.8. The third-order valence-corrected chi connectivity index (χ3v) is 11.7. The Kier molecular flexibility index (Phi) is 9.99. The molecule has 0 aromatic rings. The average Bonchev–Trinajstić information content (AvgIpc) is 3.43. The Hall–Kier alpha value is -4.22. The minimum atomic E-state index is -0.592. The molecule has 6 rings (SSSR count). The highest BCUT2D eigenvalue weighted by Crippen LogP contribution is 2.59. The van der Waals surface area contributed by atoms with E-state index >= 15 is 0 Å². The minimum absolute atomic E-state index is 0.165. The summed E-state index contributed by atoms with van der Waals surface area (Å²) in [6, 6.07) is 0. The summed E-state index contributed by atoms with van der Waals surface area (Å²) in [5.41, 5.74) is 1.69. The summed E-state index contributed by atoms with van der Waals surface area (Å²) in [7, 11) is 0. The van der Waals surface area contributed by atoms with E-state index < -0.39 is 59.1 Å². The molecule has 272 valence electrons. The van der Waals surface area contributed by atoms with Gasteiger partial charge in [-0.05, 0) is 32.6 Å². The standard InChI is InChI=1S/2C19H24O6/c2*1-9-6-7-14(23-11(3)20)19(5)8-13-15(10(2)18(22)25-13)17(16(9)19)24-12(4)21/h6,13-17H,2,7-8H2,1,3-5H3;13-17H,1-2,6-8H2,3-5H3. The molecule has 12 atom stereocenters. The van der Waals surface area contributed by atoms with E-state index in [1.807, 2.05) is 26.8 Å². The van der Waals surface area contributed by atoms with Crippen LogP contribution in [0.4, 0.5) is 0 Å². The van der Waals surface area contributed by atoms with Crippen molar-refractivity contribution in [1.82, 2.24) is 0 Å². The van der Waals surface area contributed by atoms with Crippen molar-refractivity contribution in [2.75, 3.05) is 0 Å².